The van der Waals surface area contributed by atoms with E-state index in [9.17, 15) is 4.79 Å². The van der Waals surface area contributed by atoms with Crippen LogP contribution >= 0.6 is 0 Å². The summed E-state index contributed by atoms with van der Waals surface area (Å²) in [5.41, 5.74) is 4.35. The topological polar surface area (TPSA) is 92.6 Å². The average Bonchev–Trinajstić information content (AvgIpc) is 3.69. The van der Waals surface area contributed by atoms with Crippen LogP contribution in [0.25, 0.3) is 5.65 Å². The minimum atomic E-state index is -0.356. The second-order valence-electron chi connectivity index (χ2n) is 9.89. The first-order chi connectivity index (χ1) is 20.6. The molecule has 1 aliphatic heterocycles. The number of nitrogens with zero attached hydrogens (tertiary/aromatic N) is 2. The van der Waals surface area contributed by atoms with Crippen molar-refractivity contribution in [2.24, 2.45) is 0 Å². The third kappa shape index (κ3) is 5.81. The number of nitrogens with one attached hydrogen (secondary N) is 1. The van der Waals surface area contributed by atoms with Crippen molar-refractivity contribution in [3.8, 4) is 28.7 Å². The number of rotatable bonds is 11. The van der Waals surface area contributed by atoms with Crippen LogP contribution < -0.4 is 29.0 Å². The Kier molecular flexibility index (Phi) is 7.81. The largest absolute Gasteiger partial charge is 0.497 e. The van der Waals surface area contributed by atoms with Gasteiger partial charge in [-0.1, -0.05) is 36.4 Å². The van der Waals surface area contributed by atoms with Crippen molar-refractivity contribution < 1.29 is 28.5 Å². The summed E-state index contributed by atoms with van der Waals surface area (Å²) < 4.78 is 30.1. The minimum absolute atomic E-state index is 0.120. The standard InChI is InChI=1S/C33H31N3O6/c1-38-25-14-24(15-26(16-25)39-2)27(17-32(37)34-18-23-10-11-29-31(13-23)42-21-41-29)28-19-35-33-30(9-6-12-36(28)33)40-20-22-7-4-3-5-8-22/h3-16,19,27H,17-18,20-21H2,1-2H3,(H,34,37). The Labute approximate surface area is 243 Å². The molecule has 2 aromatic heterocycles. The van der Waals surface area contributed by atoms with Gasteiger partial charge in [0.1, 0.15) is 18.1 Å². The normalized spacial score (nSPS) is 12.6. The van der Waals surface area contributed by atoms with E-state index in [1.165, 1.54) is 0 Å². The fraction of sp³-hybridized carbons (Fsp3) is 0.212. The number of pyridine rings is 1. The number of aromatic nitrogens is 2. The van der Waals surface area contributed by atoms with Gasteiger partial charge in [-0.05, 0) is 53.1 Å². The maximum absolute atomic E-state index is 13.4. The Bertz CT molecular complexity index is 1680. The molecule has 0 radical (unpaired) electrons. The summed E-state index contributed by atoms with van der Waals surface area (Å²) in [5.74, 6) is 2.83. The van der Waals surface area contributed by atoms with E-state index in [0.717, 1.165) is 22.4 Å². The summed E-state index contributed by atoms with van der Waals surface area (Å²) in [6.45, 7) is 0.977. The molecule has 42 heavy (non-hydrogen) atoms. The molecule has 0 spiro atoms. The molecule has 3 aromatic carbocycles. The van der Waals surface area contributed by atoms with Crippen molar-refractivity contribution in [1.82, 2.24) is 14.7 Å². The summed E-state index contributed by atoms with van der Waals surface area (Å²) in [7, 11) is 3.21. The first-order valence-electron chi connectivity index (χ1n) is 13.6. The van der Waals surface area contributed by atoms with Crippen molar-refractivity contribution in [2.75, 3.05) is 21.0 Å². The number of benzene rings is 3. The fourth-order valence-electron chi connectivity index (χ4n) is 5.04. The highest BCUT2D eigenvalue weighted by Gasteiger charge is 2.24. The molecule has 9 heteroatoms. The van der Waals surface area contributed by atoms with Gasteiger partial charge < -0.3 is 33.4 Å². The molecule has 3 heterocycles. The molecule has 1 aliphatic rings. The Morgan fingerprint density at radius 1 is 0.929 bits per heavy atom. The lowest BCUT2D eigenvalue weighted by molar-refractivity contribution is -0.121. The Morgan fingerprint density at radius 3 is 2.50 bits per heavy atom. The predicted molar refractivity (Wildman–Crippen MR) is 156 cm³/mol. The summed E-state index contributed by atoms with van der Waals surface area (Å²) >= 11 is 0. The number of amides is 1. The summed E-state index contributed by atoms with van der Waals surface area (Å²) in [6.07, 6.45) is 3.90. The van der Waals surface area contributed by atoms with E-state index in [-0.39, 0.29) is 25.0 Å². The van der Waals surface area contributed by atoms with E-state index >= 15 is 0 Å². The number of hydrogen-bond acceptors (Lipinski definition) is 7. The second-order valence-corrected chi connectivity index (χ2v) is 9.89. The number of fused-ring (bicyclic) bond motifs is 2. The molecule has 1 amide bonds. The highest BCUT2D eigenvalue weighted by atomic mass is 16.7. The molecule has 0 bridgehead atoms. The summed E-state index contributed by atoms with van der Waals surface area (Å²) in [4.78, 5) is 18.1. The van der Waals surface area contributed by atoms with E-state index in [1.807, 2.05) is 89.5 Å². The van der Waals surface area contributed by atoms with E-state index in [0.29, 0.717) is 47.5 Å². The van der Waals surface area contributed by atoms with E-state index < -0.39 is 0 Å². The molecule has 0 saturated carbocycles. The summed E-state index contributed by atoms with van der Waals surface area (Å²) in [5, 5.41) is 3.06. The molecule has 1 atom stereocenters. The van der Waals surface area contributed by atoms with Crippen LogP contribution in [0.15, 0.2) is 91.3 Å². The van der Waals surface area contributed by atoms with Crippen LogP contribution in [-0.4, -0.2) is 36.3 Å². The Morgan fingerprint density at radius 2 is 1.71 bits per heavy atom. The Hall–Kier alpha value is -5.18. The van der Waals surface area contributed by atoms with Gasteiger partial charge in [0, 0.05) is 37.3 Å². The molecule has 5 aromatic rings. The van der Waals surface area contributed by atoms with Crippen molar-refractivity contribution >= 4 is 11.6 Å². The van der Waals surface area contributed by atoms with Gasteiger partial charge in [0.05, 0.1) is 19.9 Å². The number of carbonyl (C=O) groups excluding carboxylic acids is 1. The van der Waals surface area contributed by atoms with Crippen molar-refractivity contribution in [1.29, 1.82) is 0 Å². The molecular weight excluding hydrogens is 534 g/mol. The van der Waals surface area contributed by atoms with Crippen LogP contribution in [0.4, 0.5) is 0 Å². The monoisotopic (exact) mass is 565 g/mol. The molecule has 1 unspecified atom stereocenters. The maximum atomic E-state index is 13.4. The third-order valence-electron chi connectivity index (χ3n) is 7.22. The lowest BCUT2D eigenvalue weighted by Crippen LogP contribution is -2.25. The van der Waals surface area contributed by atoms with Gasteiger partial charge >= 0.3 is 0 Å². The van der Waals surface area contributed by atoms with Crippen LogP contribution in [0, 0.1) is 0 Å². The van der Waals surface area contributed by atoms with Gasteiger partial charge in [-0.3, -0.25) is 4.79 Å². The van der Waals surface area contributed by atoms with Crippen LogP contribution in [0.5, 0.6) is 28.7 Å². The highest BCUT2D eigenvalue weighted by Crippen LogP contribution is 2.36. The Balaban J connectivity index is 1.29. The van der Waals surface area contributed by atoms with Crippen molar-refractivity contribution in [2.45, 2.75) is 25.5 Å². The molecule has 9 nitrogen and oxygen atoms in total. The number of imidazole rings is 1. The van der Waals surface area contributed by atoms with Gasteiger partial charge in [-0.15, -0.1) is 0 Å². The first kappa shape index (κ1) is 27.0. The lowest BCUT2D eigenvalue weighted by Gasteiger charge is -2.19. The van der Waals surface area contributed by atoms with Crippen LogP contribution in [0.2, 0.25) is 0 Å². The molecule has 1 N–H and O–H groups in total. The molecular formula is C33H31N3O6. The predicted octanol–water partition coefficient (Wildman–Crippen LogP) is 5.50. The zero-order valence-electron chi connectivity index (χ0n) is 23.4. The third-order valence-corrected chi connectivity index (χ3v) is 7.22. The van der Waals surface area contributed by atoms with Gasteiger partial charge in [0.2, 0.25) is 12.7 Å². The lowest BCUT2D eigenvalue weighted by atomic mass is 9.91. The highest BCUT2D eigenvalue weighted by molar-refractivity contribution is 5.77. The van der Waals surface area contributed by atoms with Gasteiger partial charge in [-0.2, -0.15) is 0 Å². The minimum Gasteiger partial charge on any atom is -0.497 e. The maximum Gasteiger partial charge on any atom is 0.231 e. The van der Waals surface area contributed by atoms with E-state index in [2.05, 4.69) is 5.32 Å². The number of carbonyl (C=O) groups is 1. The number of methoxy groups -OCH3 is 2. The molecule has 0 fully saturated rings. The van der Waals surface area contributed by atoms with Gasteiger partial charge in [0.15, 0.2) is 22.9 Å². The van der Waals surface area contributed by atoms with Gasteiger partial charge in [0.25, 0.3) is 0 Å². The summed E-state index contributed by atoms with van der Waals surface area (Å²) in [6, 6.07) is 25.1. The van der Waals surface area contributed by atoms with Crippen LogP contribution in [0.1, 0.15) is 34.7 Å². The fourth-order valence-corrected chi connectivity index (χ4v) is 5.04. The zero-order valence-corrected chi connectivity index (χ0v) is 23.4. The van der Waals surface area contributed by atoms with Crippen molar-refractivity contribution in [3.63, 3.8) is 0 Å². The molecule has 214 valence electrons. The quantitative estimate of drug-likeness (QED) is 0.226. The van der Waals surface area contributed by atoms with Crippen molar-refractivity contribution in [3.05, 3.63) is 114 Å². The molecule has 6 rings (SSSR count). The zero-order chi connectivity index (χ0) is 28.9. The number of hydrogen-bond donors (Lipinski definition) is 1. The molecule has 0 aliphatic carbocycles. The van der Waals surface area contributed by atoms with Crippen LogP contribution in [-0.2, 0) is 17.9 Å². The average molecular weight is 566 g/mol. The van der Waals surface area contributed by atoms with E-state index in [1.54, 1.807) is 20.4 Å². The molecule has 0 saturated heterocycles. The van der Waals surface area contributed by atoms with Crippen LogP contribution in [0.3, 0.4) is 0 Å². The first-order valence-corrected chi connectivity index (χ1v) is 13.6. The smallest absolute Gasteiger partial charge is 0.231 e. The second kappa shape index (κ2) is 12.1. The van der Waals surface area contributed by atoms with E-state index in [4.69, 9.17) is 28.7 Å². The van der Waals surface area contributed by atoms with Gasteiger partial charge in [-0.25, -0.2) is 4.98 Å². The number of ether oxygens (including phenoxy) is 5. The SMILES string of the molecule is COc1cc(OC)cc(C(CC(=O)NCc2ccc3c(c2)OCO3)c2cnc3c(OCc4ccccc4)cccn23)c1.